The fraction of sp³-hybridized carbons (Fsp3) is 0. The summed E-state index contributed by atoms with van der Waals surface area (Å²) in [5.74, 6) is 0. The van der Waals surface area contributed by atoms with Gasteiger partial charge in [0.2, 0.25) is 0 Å². The highest BCUT2D eigenvalue weighted by Gasteiger charge is 2.13. The van der Waals surface area contributed by atoms with Crippen LogP contribution in [0.2, 0.25) is 0 Å². The summed E-state index contributed by atoms with van der Waals surface area (Å²) in [6.45, 7) is 0. The summed E-state index contributed by atoms with van der Waals surface area (Å²) in [5, 5.41) is 17.3. The third kappa shape index (κ3) is 1.41. The van der Waals surface area contributed by atoms with E-state index in [1.165, 1.54) is 6.20 Å². The zero-order chi connectivity index (χ0) is 7.56. The van der Waals surface area contributed by atoms with Gasteiger partial charge in [-0.3, -0.25) is 4.79 Å². The van der Waals surface area contributed by atoms with Crippen molar-refractivity contribution < 1.29 is 14.8 Å². The molecule has 0 aliphatic rings. The summed E-state index contributed by atoms with van der Waals surface area (Å²) in [6.07, 6.45) is 1.83. The van der Waals surface area contributed by atoms with E-state index in [4.69, 9.17) is 10.0 Å². The van der Waals surface area contributed by atoms with Crippen LogP contribution in [0, 0.1) is 0 Å². The van der Waals surface area contributed by atoms with Gasteiger partial charge >= 0.3 is 7.12 Å². The highest BCUT2D eigenvalue weighted by molar-refractivity contribution is 7.22. The summed E-state index contributed by atoms with van der Waals surface area (Å²) in [7, 11) is -1.52. The van der Waals surface area contributed by atoms with Crippen LogP contribution >= 0.6 is 11.3 Å². The van der Waals surface area contributed by atoms with Gasteiger partial charge in [0.15, 0.2) is 11.3 Å². The summed E-state index contributed by atoms with van der Waals surface area (Å²) in [6, 6.07) is 0. The fourth-order valence-electron chi connectivity index (χ4n) is 0.475. The second-order valence-corrected chi connectivity index (χ2v) is 2.69. The van der Waals surface area contributed by atoms with E-state index in [1.807, 2.05) is 0 Å². The second-order valence-electron chi connectivity index (χ2n) is 1.59. The normalized spacial score (nSPS) is 9.40. The molecule has 0 aliphatic heterocycles. The van der Waals surface area contributed by atoms with Crippen molar-refractivity contribution in [3.63, 3.8) is 0 Å². The maximum atomic E-state index is 10.0. The zero-order valence-corrected chi connectivity index (χ0v) is 5.71. The molecule has 0 aromatic carbocycles. The third-order valence-corrected chi connectivity index (χ3v) is 1.86. The number of aromatic nitrogens is 1. The van der Waals surface area contributed by atoms with E-state index in [1.54, 1.807) is 0 Å². The van der Waals surface area contributed by atoms with Crippen molar-refractivity contribution in [2.24, 2.45) is 0 Å². The van der Waals surface area contributed by atoms with Crippen LogP contribution in [0.15, 0.2) is 6.20 Å². The average molecular weight is 157 g/mol. The number of hydrogen-bond donors (Lipinski definition) is 2. The van der Waals surface area contributed by atoms with Gasteiger partial charge < -0.3 is 10.0 Å². The standard InChI is InChI=1S/C4H4BNO3S/c7-2-4-6-1-3(10-4)5(8)9/h1-2,8-9H. The van der Waals surface area contributed by atoms with E-state index in [-0.39, 0.29) is 9.78 Å². The molecule has 0 fully saturated rings. The Morgan fingerprint density at radius 2 is 2.40 bits per heavy atom. The number of nitrogens with zero attached hydrogens (tertiary/aromatic N) is 1. The van der Waals surface area contributed by atoms with E-state index >= 15 is 0 Å². The summed E-state index contributed by atoms with van der Waals surface area (Å²) in [4.78, 5) is 13.6. The first-order valence-electron chi connectivity index (χ1n) is 2.51. The molecule has 2 N–H and O–H groups in total. The van der Waals surface area contributed by atoms with Crippen molar-refractivity contribution in [2.45, 2.75) is 0 Å². The Morgan fingerprint density at radius 1 is 1.70 bits per heavy atom. The van der Waals surface area contributed by atoms with Crippen molar-refractivity contribution in [3.8, 4) is 0 Å². The summed E-state index contributed by atoms with van der Waals surface area (Å²) >= 11 is 0.962. The number of carbonyl (C=O) groups excluding carboxylic acids is 1. The Kier molecular flexibility index (Phi) is 2.15. The molecule has 6 heteroatoms. The lowest BCUT2D eigenvalue weighted by Gasteiger charge is -1.86. The first-order valence-corrected chi connectivity index (χ1v) is 3.32. The van der Waals surface area contributed by atoms with Crippen molar-refractivity contribution >= 4 is 29.5 Å². The molecule has 52 valence electrons. The highest BCUT2D eigenvalue weighted by atomic mass is 32.1. The maximum Gasteiger partial charge on any atom is 0.500 e. The van der Waals surface area contributed by atoms with Crippen LogP contribution in [0.4, 0.5) is 0 Å². The lowest BCUT2D eigenvalue weighted by molar-refractivity contribution is 0.112. The van der Waals surface area contributed by atoms with Crippen molar-refractivity contribution in [1.82, 2.24) is 4.98 Å². The van der Waals surface area contributed by atoms with Gasteiger partial charge in [-0.2, -0.15) is 0 Å². The number of thiazole rings is 1. The molecule has 4 nitrogen and oxygen atoms in total. The first-order chi connectivity index (χ1) is 4.74. The number of rotatable bonds is 2. The lowest BCUT2D eigenvalue weighted by atomic mass is 9.91. The minimum atomic E-state index is -1.52. The molecule has 0 saturated carbocycles. The van der Waals surface area contributed by atoms with E-state index in [9.17, 15) is 4.79 Å². The van der Waals surface area contributed by atoms with Crippen LogP contribution in [0.1, 0.15) is 9.80 Å². The van der Waals surface area contributed by atoms with Gasteiger partial charge in [-0.05, 0) is 0 Å². The smallest absolute Gasteiger partial charge is 0.423 e. The SMILES string of the molecule is O=Cc1ncc(B(O)O)s1. The minimum Gasteiger partial charge on any atom is -0.423 e. The van der Waals surface area contributed by atoms with Gasteiger partial charge in [0.25, 0.3) is 0 Å². The topological polar surface area (TPSA) is 70.4 Å². The summed E-state index contributed by atoms with van der Waals surface area (Å²) in [5.41, 5.74) is 0. The molecule has 0 bridgehead atoms. The van der Waals surface area contributed by atoms with Crippen LogP contribution in [-0.4, -0.2) is 28.4 Å². The number of carbonyl (C=O) groups is 1. The predicted octanol–water partition coefficient (Wildman–Crippen LogP) is -1.36. The Balaban J connectivity index is 2.88. The van der Waals surface area contributed by atoms with Crippen molar-refractivity contribution in [1.29, 1.82) is 0 Å². The molecule has 0 spiro atoms. The highest BCUT2D eigenvalue weighted by Crippen LogP contribution is 1.97. The largest absolute Gasteiger partial charge is 0.500 e. The van der Waals surface area contributed by atoms with Crippen LogP contribution in [0.5, 0.6) is 0 Å². The quantitative estimate of drug-likeness (QED) is 0.410. The van der Waals surface area contributed by atoms with Crippen LogP contribution in [0.3, 0.4) is 0 Å². The average Bonchev–Trinajstić information content (AvgIpc) is 2.34. The molecule has 1 aromatic heterocycles. The molecule has 10 heavy (non-hydrogen) atoms. The molecule has 1 aromatic rings. The van der Waals surface area contributed by atoms with E-state index < -0.39 is 7.12 Å². The molecule has 1 heterocycles. The van der Waals surface area contributed by atoms with Crippen LogP contribution < -0.4 is 4.78 Å². The number of aldehydes is 1. The van der Waals surface area contributed by atoms with Gasteiger partial charge in [-0.1, -0.05) is 0 Å². The van der Waals surface area contributed by atoms with Gasteiger partial charge in [0.1, 0.15) is 0 Å². The first kappa shape index (κ1) is 7.39. The molecule has 0 atom stereocenters. The van der Waals surface area contributed by atoms with Crippen LogP contribution in [0.25, 0.3) is 0 Å². The molecule has 0 unspecified atom stereocenters. The Hall–Kier alpha value is -0.715. The molecule has 0 amide bonds. The maximum absolute atomic E-state index is 10.0. The summed E-state index contributed by atoms with van der Waals surface area (Å²) < 4.78 is 0.280. The Labute approximate surface area is 61.3 Å². The Bertz CT molecular complexity index is 236. The van der Waals surface area contributed by atoms with Crippen molar-refractivity contribution in [3.05, 3.63) is 11.2 Å². The molecular weight excluding hydrogens is 153 g/mol. The second kappa shape index (κ2) is 2.91. The van der Waals surface area contributed by atoms with E-state index in [0.717, 1.165) is 11.3 Å². The molecule has 0 saturated heterocycles. The Morgan fingerprint density at radius 3 is 2.70 bits per heavy atom. The molecule has 0 aliphatic carbocycles. The van der Waals surface area contributed by atoms with Crippen molar-refractivity contribution in [2.75, 3.05) is 0 Å². The van der Waals surface area contributed by atoms with E-state index in [0.29, 0.717) is 6.29 Å². The monoisotopic (exact) mass is 157 g/mol. The number of hydrogen-bond acceptors (Lipinski definition) is 5. The minimum absolute atomic E-state index is 0.253. The zero-order valence-electron chi connectivity index (χ0n) is 4.89. The fourth-order valence-corrected chi connectivity index (χ4v) is 1.08. The van der Waals surface area contributed by atoms with Crippen LogP contribution in [-0.2, 0) is 0 Å². The molecular formula is C4H4BNO3S. The van der Waals surface area contributed by atoms with Gasteiger partial charge in [0, 0.05) is 6.20 Å². The predicted molar refractivity (Wildman–Crippen MR) is 37.3 cm³/mol. The third-order valence-electron chi connectivity index (χ3n) is 0.897. The lowest BCUT2D eigenvalue weighted by Crippen LogP contribution is -2.26. The molecule has 0 radical (unpaired) electrons. The van der Waals surface area contributed by atoms with Gasteiger partial charge in [0.05, 0.1) is 4.78 Å². The van der Waals surface area contributed by atoms with Gasteiger partial charge in [-0.15, -0.1) is 11.3 Å². The molecule has 1 rings (SSSR count). The van der Waals surface area contributed by atoms with Gasteiger partial charge in [-0.25, -0.2) is 4.98 Å². The van der Waals surface area contributed by atoms with E-state index in [2.05, 4.69) is 4.98 Å².